The van der Waals surface area contributed by atoms with Gasteiger partial charge in [0.1, 0.15) is 12.6 Å². The Kier molecular flexibility index (Phi) is 13.3. The van der Waals surface area contributed by atoms with Crippen LogP contribution in [0.3, 0.4) is 0 Å². The standard InChI is InChI=1S/C32H38N6O5S2/c1-38(18-27-16-33-21-44-27)31(41)37-29(19-39)30(40)35-25(14-23-8-4-2-5-9-23)12-13-26(15-24-10-6-3-7-11-24)36-32(42)43-20-28-17-34-22-45-28/h2-11,16-17,21-22,25-26,29,39H,12-15,18-20H2,1H3,(H,35,40)(H,36,42)(H,37,41)/t25-,26-,29-/m0/s1. The monoisotopic (exact) mass is 650 g/mol. The number of hydrogen-bond donors (Lipinski definition) is 4. The van der Waals surface area contributed by atoms with E-state index < -0.39 is 30.7 Å². The van der Waals surface area contributed by atoms with E-state index in [4.69, 9.17) is 4.74 Å². The van der Waals surface area contributed by atoms with Gasteiger partial charge in [0.25, 0.3) is 0 Å². The van der Waals surface area contributed by atoms with Crippen molar-refractivity contribution in [3.8, 4) is 0 Å². The van der Waals surface area contributed by atoms with Crippen molar-refractivity contribution in [3.63, 3.8) is 0 Å². The van der Waals surface area contributed by atoms with E-state index in [0.717, 1.165) is 20.9 Å². The molecule has 45 heavy (non-hydrogen) atoms. The van der Waals surface area contributed by atoms with E-state index in [1.807, 2.05) is 60.7 Å². The van der Waals surface area contributed by atoms with Crippen molar-refractivity contribution in [3.05, 3.63) is 105 Å². The maximum atomic E-state index is 13.4. The lowest BCUT2D eigenvalue weighted by Gasteiger charge is -2.26. The van der Waals surface area contributed by atoms with Crippen molar-refractivity contribution in [2.24, 2.45) is 0 Å². The predicted octanol–water partition coefficient (Wildman–Crippen LogP) is 4.15. The number of amides is 4. The number of ether oxygens (including phenoxy) is 1. The SMILES string of the molecule is CN(Cc1cncs1)C(=O)N[C@@H](CO)C(=O)N[C@@H](CC[C@@H](Cc1ccccc1)NC(=O)OCc1cncs1)Cc1ccccc1. The number of hydrogen-bond acceptors (Lipinski definition) is 9. The Morgan fingerprint density at radius 3 is 1.91 bits per heavy atom. The molecule has 0 bridgehead atoms. The predicted molar refractivity (Wildman–Crippen MR) is 174 cm³/mol. The number of urea groups is 1. The zero-order valence-electron chi connectivity index (χ0n) is 25.0. The molecule has 13 heteroatoms. The molecule has 4 amide bonds. The van der Waals surface area contributed by atoms with E-state index in [-0.39, 0.29) is 18.7 Å². The maximum absolute atomic E-state index is 13.4. The van der Waals surface area contributed by atoms with Crippen molar-refractivity contribution in [1.29, 1.82) is 0 Å². The molecule has 0 saturated carbocycles. The van der Waals surface area contributed by atoms with Crippen LogP contribution in [0.2, 0.25) is 0 Å². The highest BCUT2D eigenvalue weighted by Crippen LogP contribution is 2.15. The number of rotatable bonds is 16. The van der Waals surface area contributed by atoms with E-state index in [2.05, 4.69) is 25.9 Å². The topological polar surface area (TPSA) is 146 Å². The lowest BCUT2D eigenvalue weighted by molar-refractivity contribution is -0.124. The number of nitrogens with one attached hydrogen (secondary N) is 3. The fraction of sp³-hybridized carbons (Fsp3) is 0.344. The van der Waals surface area contributed by atoms with E-state index in [1.165, 1.54) is 27.6 Å². The molecule has 0 fully saturated rings. The van der Waals surface area contributed by atoms with Gasteiger partial charge in [-0.25, -0.2) is 9.59 Å². The summed E-state index contributed by atoms with van der Waals surface area (Å²) in [7, 11) is 1.61. The number of aromatic nitrogens is 2. The molecule has 4 N–H and O–H groups in total. The highest BCUT2D eigenvalue weighted by Gasteiger charge is 2.25. The third-order valence-electron chi connectivity index (χ3n) is 7.03. The van der Waals surface area contributed by atoms with Gasteiger partial charge in [-0.1, -0.05) is 60.7 Å². The molecule has 3 atom stereocenters. The fourth-order valence-corrected chi connectivity index (χ4v) is 5.84. The largest absolute Gasteiger partial charge is 0.444 e. The first-order valence-electron chi connectivity index (χ1n) is 14.6. The zero-order valence-corrected chi connectivity index (χ0v) is 26.6. The summed E-state index contributed by atoms with van der Waals surface area (Å²) in [6.45, 7) is -0.0991. The Balaban J connectivity index is 1.40. The van der Waals surface area contributed by atoms with Gasteiger partial charge in [0, 0.05) is 36.4 Å². The second-order valence-corrected chi connectivity index (χ2v) is 12.5. The van der Waals surface area contributed by atoms with Crippen molar-refractivity contribution in [2.75, 3.05) is 13.7 Å². The highest BCUT2D eigenvalue weighted by molar-refractivity contribution is 7.09. The molecule has 2 aromatic carbocycles. The van der Waals surface area contributed by atoms with Crippen LogP contribution in [0.4, 0.5) is 9.59 Å². The summed E-state index contributed by atoms with van der Waals surface area (Å²) in [6.07, 6.45) is 4.97. The molecule has 0 aliphatic heterocycles. The molecule has 11 nitrogen and oxygen atoms in total. The van der Waals surface area contributed by atoms with Gasteiger partial charge in [0.15, 0.2) is 0 Å². The van der Waals surface area contributed by atoms with Crippen LogP contribution in [0.25, 0.3) is 0 Å². The molecule has 0 aliphatic rings. The van der Waals surface area contributed by atoms with Crippen LogP contribution in [0.1, 0.15) is 33.7 Å². The molecular formula is C32H38N6O5S2. The number of aliphatic hydroxyl groups is 1. The van der Waals surface area contributed by atoms with Crippen LogP contribution in [0.5, 0.6) is 0 Å². The number of alkyl carbamates (subject to hydrolysis) is 1. The van der Waals surface area contributed by atoms with Crippen LogP contribution in [-0.2, 0) is 35.5 Å². The molecular weight excluding hydrogens is 613 g/mol. The van der Waals surface area contributed by atoms with Gasteiger partial charge in [-0.3, -0.25) is 14.8 Å². The van der Waals surface area contributed by atoms with Gasteiger partial charge in [-0.05, 0) is 36.8 Å². The second kappa shape index (κ2) is 17.8. The Hall–Kier alpha value is -4.33. The van der Waals surface area contributed by atoms with Gasteiger partial charge in [-0.15, -0.1) is 22.7 Å². The Morgan fingerprint density at radius 1 is 0.822 bits per heavy atom. The fourth-order valence-electron chi connectivity index (χ4n) is 4.69. The third kappa shape index (κ3) is 11.6. The Bertz CT molecular complexity index is 1440. The first-order chi connectivity index (χ1) is 21.9. The normalized spacial score (nSPS) is 12.8. The maximum Gasteiger partial charge on any atom is 0.407 e. The van der Waals surface area contributed by atoms with Crippen LogP contribution in [0.15, 0.2) is 84.1 Å². The molecule has 0 saturated heterocycles. The Labute approximate surface area is 270 Å². The second-order valence-electron chi connectivity index (χ2n) is 10.6. The molecule has 2 aromatic heterocycles. The van der Waals surface area contributed by atoms with Crippen molar-refractivity contribution in [1.82, 2.24) is 30.8 Å². The molecule has 238 valence electrons. The number of carbonyl (C=O) groups excluding carboxylic acids is 3. The minimum absolute atomic E-state index is 0.134. The first kappa shape index (κ1) is 33.6. The number of aliphatic hydroxyl groups excluding tert-OH is 1. The average Bonchev–Trinajstić information content (AvgIpc) is 3.77. The zero-order chi connectivity index (χ0) is 31.9. The summed E-state index contributed by atoms with van der Waals surface area (Å²) in [5.41, 5.74) is 5.45. The number of nitrogens with zero attached hydrogens (tertiary/aromatic N) is 3. The highest BCUT2D eigenvalue weighted by atomic mass is 32.1. The molecule has 0 unspecified atom stereocenters. The summed E-state index contributed by atoms with van der Waals surface area (Å²) in [6, 6.07) is 17.4. The summed E-state index contributed by atoms with van der Waals surface area (Å²) in [5, 5.41) is 18.7. The first-order valence-corrected chi connectivity index (χ1v) is 16.3. The van der Waals surface area contributed by atoms with E-state index in [1.54, 1.807) is 30.5 Å². The smallest absolute Gasteiger partial charge is 0.407 e. The van der Waals surface area contributed by atoms with Gasteiger partial charge in [-0.2, -0.15) is 0 Å². The van der Waals surface area contributed by atoms with Gasteiger partial charge in [0.2, 0.25) is 5.91 Å². The molecule has 0 spiro atoms. The summed E-state index contributed by atoms with van der Waals surface area (Å²) in [4.78, 5) is 50.1. The number of benzene rings is 2. The minimum atomic E-state index is -1.14. The number of carbonyl (C=O) groups is 3. The summed E-state index contributed by atoms with van der Waals surface area (Å²) >= 11 is 2.84. The lowest BCUT2D eigenvalue weighted by Crippen LogP contribution is -2.54. The average molecular weight is 651 g/mol. The molecule has 0 radical (unpaired) electrons. The quantitative estimate of drug-likeness (QED) is 0.143. The van der Waals surface area contributed by atoms with Crippen LogP contribution in [0, 0.1) is 0 Å². The van der Waals surface area contributed by atoms with E-state index >= 15 is 0 Å². The van der Waals surface area contributed by atoms with E-state index in [0.29, 0.717) is 32.2 Å². The van der Waals surface area contributed by atoms with Gasteiger partial charge in [0.05, 0.1) is 29.0 Å². The van der Waals surface area contributed by atoms with Crippen LogP contribution >= 0.6 is 22.7 Å². The third-order valence-corrected chi connectivity index (χ3v) is 8.55. The van der Waals surface area contributed by atoms with Crippen molar-refractivity contribution in [2.45, 2.75) is 57.0 Å². The molecule has 4 aromatic rings. The minimum Gasteiger partial charge on any atom is -0.444 e. The molecule has 0 aliphatic carbocycles. The van der Waals surface area contributed by atoms with Crippen LogP contribution in [-0.4, -0.2) is 69.8 Å². The molecule has 4 rings (SSSR count). The van der Waals surface area contributed by atoms with Crippen molar-refractivity contribution < 1.29 is 24.2 Å². The summed E-state index contributed by atoms with van der Waals surface area (Å²) < 4.78 is 5.43. The summed E-state index contributed by atoms with van der Waals surface area (Å²) in [5.74, 6) is -0.491. The lowest BCUT2D eigenvalue weighted by atomic mass is 9.96. The van der Waals surface area contributed by atoms with Gasteiger partial charge < -0.3 is 30.7 Å². The van der Waals surface area contributed by atoms with E-state index in [9.17, 15) is 19.5 Å². The van der Waals surface area contributed by atoms with Gasteiger partial charge >= 0.3 is 12.1 Å². The molecule has 2 heterocycles. The van der Waals surface area contributed by atoms with Crippen molar-refractivity contribution >= 4 is 40.7 Å². The Morgan fingerprint density at radius 2 is 1.38 bits per heavy atom. The number of thiazole rings is 2. The van der Waals surface area contributed by atoms with Crippen LogP contribution < -0.4 is 16.0 Å².